The third-order valence-electron chi connectivity index (χ3n) is 4.02. The van der Waals surface area contributed by atoms with Gasteiger partial charge in [0.25, 0.3) is 0 Å². The van der Waals surface area contributed by atoms with Crippen molar-refractivity contribution in [3.63, 3.8) is 0 Å². The molecule has 0 spiro atoms. The Balaban J connectivity index is 0. The molecule has 148 valence electrons. The van der Waals surface area contributed by atoms with Crippen molar-refractivity contribution >= 4 is 18.0 Å². The van der Waals surface area contributed by atoms with Crippen molar-refractivity contribution < 1.29 is 29.3 Å². The van der Waals surface area contributed by atoms with E-state index in [4.69, 9.17) is 20.7 Å². The molecule has 0 aromatic heterocycles. The van der Waals surface area contributed by atoms with Crippen LogP contribution in [0.4, 0.5) is 4.79 Å². The van der Waals surface area contributed by atoms with Gasteiger partial charge in [0.1, 0.15) is 16.7 Å². The second-order valence-corrected chi connectivity index (χ2v) is 8.03. The van der Waals surface area contributed by atoms with Crippen LogP contribution in [0.1, 0.15) is 62.3 Å². The lowest BCUT2D eigenvalue weighted by molar-refractivity contribution is -0.146. The number of carbonyl (C=O) groups excluding carboxylic acids is 1. The lowest BCUT2D eigenvalue weighted by atomic mass is 9.89. The number of hydrogen-bond donors (Lipinski definition) is 4. The number of rotatable bonds is 5. The van der Waals surface area contributed by atoms with Crippen LogP contribution in [0.5, 0.6) is 0 Å². The van der Waals surface area contributed by atoms with Crippen LogP contribution in [-0.4, -0.2) is 44.9 Å². The SMILES string of the molecule is CC(C)[C@](C)(N)C(=O)O.CC(C)[C@](C)(NC(=O)OC(C)(C)C)C(=O)O. The molecular formula is C17H34N2O6. The number of hydrogen-bond acceptors (Lipinski definition) is 5. The first-order valence-electron chi connectivity index (χ1n) is 8.14. The minimum Gasteiger partial charge on any atom is -0.480 e. The predicted octanol–water partition coefficient (Wildman–Crippen LogP) is 2.45. The Morgan fingerprint density at radius 1 is 0.880 bits per heavy atom. The zero-order chi connectivity index (χ0) is 20.8. The fraction of sp³-hybridized carbons (Fsp3) is 0.824. The summed E-state index contributed by atoms with van der Waals surface area (Å²) >= 11 is 0. The van der Waals surface area contributed by atoms with Crippen molar-refractivity contribution in [1.82, 2.24) is 5.32 Å². The van der Waals surface area contributed by atoms with E-state index in [1.807, 2.05) is 0 Å². The van der Waals surface area contributed by atoms with E-state index in [0.29, 0.717) is 0 Å². The number of nitrogens with one attached hydrogen (secondary N) is 1. The van der Waals surface area contributed by atoms with E-state index in [2.05, 4.69) is 5.32 Å². The fourth-order valence-electron chi connectivity index (χ4n) is 1.21. The van der Waals surface area contributed by atoms with Gasteiger partial charge in [-0.1, -0.05) is 27.7 Å². The molecule has 25 heavy (non-hydrogen) atoms. The smallest absolute Gasteiger partial charge is 0.408 e. The van der Waals surface area contributed by atoms with Crippen molar-refractivity contribution in [3.8, 4) is 0 Å². The first-order valence-corrected chi connectivity index (χ1v) is 8.14. The third kappa shape index (κ3) is 8.72. The minimum absolute atomic E-state index is 0.0324. The van der Waals surface area contributed by atoms with Crippen LogP contribution in [0.3, 0.4) is 0 Å². The van der Waals surface area contributed by atoms with Crippen LogP contribution in [0.25, 0.3) is 0 Å². The van der Waals surface area contributed by atoms with Crippen molar-refractivity contribution in [1.29, 1.82) is 0 Å². The molecule has 5 N–H and O–H groups in total. The van der Waals surface area contributed by atoms with E-state index < -0.39 is 34.7 Å². The molecule has 0 fully saturated rings. The van der Waals surface area contributed by atoms with E-state index in [-0.39, 0.29) is 11.8 Å². The van der Waals surface area contributed by atoms with Gasteiger partial charge in [0.05, 0.1) is 0 Å². The Bertz CT molecular complexity index is 480. The molecule has 0 heterocycles. The van der Waals surface area contributed by atoms with Crippen LogP contribution in [0.2, 0.25) is 0 Å². The molecule has 0 saturated heterocycles. The van der Waals surface area contributed by atoms with E-state index in [9.17, 15) is 14.4 Å². The van der Waals surface area contributed by atoms with Crippen molar-refractivity contribution in [2.24, 2.45) is 17.6 Å². The number of amides is 1. The van der Waals surface area contributed by atoms with Gasteiger partial charge in [-0.25, -0.2) is 9.59 Å². The molecule has 0 aromatic carbocycles. The first kappa shape index (κ1) is 25.4. The summed E-state index contributed by atoms with van der Waals surface area (Å²) in [6.07, 6.45) is -0.717. The lowest BCUT2D eigenvalue weighted by Crippen LogP contribution is -2.56. The second kappa shape index (κ2) is 9.03. The number of aliphatic carboxylic acids is 2. The van der Waals surface area contributed by atoms with Crippen molar-refractivity contribution in [2.45, 2.75) is 79.0 Å². The lowest BCUT2D eigenvalue weighted by Gasteiger charge is -2.31. The summed E-state index contributed by atoms with van der Waals surface area (Å²) in [6, 6.07) is 0. The highest BCUT2D eigenvalue weighted by molar-refractivity contribution is 5.84. The maximum Gasteiger partial charge on any atom is 0.408 e. The molecule has 0 aliphatic carbocycles. The Kier molecular flexibility index (Phi) is 9.18. The summed E-state index contributed by atoms with van der Waals surface area (Å²) < 4.78 is 5.02. The zero-order valence-electron chi connectivity index (χ0n) is 16.8. The van der Waals surface area contributed by atoms with Crippen LogP contribution >= 0.6 is 0 Å². The summed E-state index contributed by atoms with van der Waals surface area (Å²) in [5.41, 5.74) is 2.36. The molecule has 2 atom stereocenters. The number of alkyl carbamates (subject to hydrolysis) is 1. The molecule has 0 unspecified atom stereocenters. The largest absolute Gasteiger partial charge is 0.480 e. The van der Waals surface area contributed by atoms with E-state index in [0.717, 1.165) is 0 Å². The summed E-state index contributed by atoms with van der Waals surface area (Å²) in [4.78, 5) is 32.9. The van der Waals surface area contributed by atoms with Crippen LogP contribution in [-0.2, 0) is 14.3 Å². The van der Waals surface area contributed by atoms with Gasteiger partial charge in [-0.2, -0.15) is 0 Å². The minimum atomic E-state index is -1.32. The summed E-state index contributed by atoms with van der Waals surface area (Å²) in [6.45, 7) is 15.2. The number of carboxylic acids is 2. The monoisotopic (exact) mass is 362 g/mol. The van der Waals surface area contributed by atoms with Crippen molar-refractivity contribution in [2.75, 3.05) is 0 Å². The number of carbonyl (C=O) groups is 3. The standard InChI is InChI=1S/C11H21NO4.C6H13NO2/c1-7(2)11(6,8(13)14)12-9(15)16-10(3,4)5;1-4(2)6(3,7)5(8)9/h7H,1-6H3,(H,12,15)(H,13,14);4H,7H2,1-3H3,(H,8,9)/t11-;6-/m00/s1. The molecule has 1 amide bonds. The zero-order valence-corrected chi connectivity index (χ0v) is 16.8. The fourth-order valence-corrected chi connectivity index (χ4v) is 1.21. The van der Waals surface area contributed by atoms with Gasteiger partial charge in [0.15, 0.2) is 0 Å². The summed E-state index contributed by atoms with van der Waals surface area (Å²) in [5.74, 6) is -2.29. The van der Waals surface area contributed by atoms with E-state index >= 15 is 0 Å². The molecule has 0 saturated carbocycles. The third-order valence-corrected chi connectivity index (χ3v) is 4.02. The highest BCUT2D eigenvalue weighted by Crippen LogP contribution is 2.18. The van der Waals surface area contributed by atoms with Gasteiger partial charge in [0, 0.05) is 0 Å². The Hall–Kier alpha value is -1.83. The van der Waals surface area contributed by atoms with Gasteiger partial charge in [-0.15, -0.1) is 0 Å². The van der Waals surface area contributed by atoms with E-state index in [1.165, 1.54) is 13.8 Å². The molecule has 0 aliphatic rings. The molecule has 0 aliphatic heterocycles. The average Bonchev–Trinajstić information content (AvgIpc) is 2.35. The maximum atomic E-state index is 11.5. The highest BCUT2D eigenvalue weighted by Gasteiger charge is 2.39. The quantitative estimate of drug-likeness (QED) is 0.589. The first-order chi connectivity index (χ1) is 10.9. The van der Waals surface area contributed by atoms with E-state index in [1.54, 1.807) is 48.5 Å². The Labute approximate surface area is 150 Å². The topological polar surface area (TPSA) is 139 Å². The van der Waals surface area contributed by atoms with Gasteiger partial charge in [-0.05, 0) is 46.5 Å². The molecule has 8 heteroatoms. The average molecular weight is 362 g/mol. The van der Waals surface area contributed by atoms with Crippen LogP contribution in [0.15, 0.2) is 0 Å². The Morgan fingerprint density at radius 3 is 1.44 bits per heavy atom. The van der Waals surface area contributed by atoms with Crippen molar-refractivity contribution in [3.05, 3.63) is 0 Å². The normalized spacial score (nSPS) is 16.2. The highest BCUT2D eigenvalue weighted by atomic mass is 16.6. The predicted molar refractivity (Wildman–Crippen MR) is 95.3 cm³/mol. The molecule has 0 radical (unpaired) electrons. The number of ether oxygens (including phenoxy) is 1. The molecule has 0 bridgehead atoms. The Morgan fingerprint density at radius 2 is 1.28 bits per heavy atom. The molecule has 0 aromatic rings. The maximum absolute atomic E-state index is 11.5. The molecular weight excluding hydrogens is 328 g/mol. The van der Waals surface area contributed by atoms with Gasteiger partial charge in [0.2, 0.25) is 0 Å². The van der Waals surface area contributed by atoms with Crippen LogP contribution in [0, 0.1) is 11.8 Å². The van der Waals surface area contributed by atoms with Gasteiger partial charge >= 0.3 is 18.0 Å². The molecule has 0 rings (SSSR count). The number of carboxylic acid groups (broad SMARTS) is 2. The summed E-state index contributed by atoms with van der Waals surface area (Å²) in [7, 11) is 0. The van der Waals surface area contributed by atoms with Gasteiger partial charge in [-0.3, -0.25) is 4.79 Å². The molecule has 8 nitrogen and oxygen atoms in total. The number of nitrogens with two attached hydrogens (primary N) is 1. The van der Waals surface area contributed by atoms with Crippen LogP contribution < -0.4 is 11.1 Å². The van der Waals surface area contributed by atoms with Gasteiger partial charge < -0.3 is 26.0 Å². The second-order valence-electron chi connectivity index (χ2n) is 8.03. The summed E-state index contributed by atoms with van der Waals surface area (Å²) in [5, 5.41) is 20.0.